The Labute approximate surface area is 112 Å². The van der Waals surface area contributed by atoms with Crippen LogP contribution in [0.5, 0.6) is 0 Å². The first-order valence-electron chi connectivity index (χ1n) is 6.06. The van der Waals surface area contributed by atoms with E-state index in [0.717, 1.165) is 0 Å². The molecule has 1 unspecified atom stereocenters. The van der Waals surface area contributed by atoms with E-state index in [2.05, 4.69) is 26.1 Å². The Balaban J connectivity index is 2.62. The second-order valence-electron chi connectivity index (χ2n) is 4.41. The summed E-state index contributed by atoms with van der Waals surface area (Å²) in [5.41, 5.74) is 0.229. The Morgan fingerprint density at radius 2 is 1.84 bits per heavy atom. The number of carbonyl (C=O) groups excluding carboxylic acids is 2. The lowest BCUT2D eigenvalue weighted by atomic mass is 10.2. The minimum absolute atomic E-state index is 0.0819. The van der Waals surface area contributed by atoms with Crippen molar-refractivity contribution < 1.29 is 9.59 Å². The van der Waals surface area contributed by atoms with E-state index in [1.165, 1.54) is 7.05 Å². The van der Waals surface area contributed by atoms with Gasteiger partial charge in [0.15, 0.2) is 5.69 Å². The second-order valence-corrected chi connectivity index (χ2v) is 4.41. The van der Waals surface area contributed by atoms with Gasteiger partial charge in [0.1, 0.15) is 11.9 Å². The van der Waals surface area contributed by atoms with E-state index >= 15 is 0 Å². The van der Waals surface area contributed by atoms with Crippen LogP contribution in [0.3, 0.4) is 0 Å². The summed E-state index contributed by atoms with van der Waals surface area (Å²) in [4.78, 5) is 23.0. The summed E-state index contributed by atoms with van der Waals surface area (Å²) in [6.45, 7) is 5.51. The SMILES string of the molecule is CNC(=O)c1ccc(NC(C)C(=O)NC(C)C)nn1. The van der Waals surface area contributed by atoms with Gasteiger partial charge in [-0.15, -0.1) is 10.2 Å². The molecule has 1 heterocycles. The van der Waals surface area contributed by atoms with Gasteiger partial charge in [-0.3, -0.25) is 9.59 Å². The molecule has 104 valence electrons. The van der Waals surface area contributed by atoms with Gasteiger partial charge in [-0.2, -0.15) is 0 Å². The van der Waals surface area contributed by atoms with Crippen LogP contribution in [-0.2, 0) is 4.79 Å². The van der Waals surface area contributed by atoms with E-state index < -0.39 is 6.04 Å². The quantitative estimate of drug-likeness (QED) is 0.705. The van der Waals surface area contributed by atoms with E-state index in [1.54, 1.807) is 19.1 Å². The van der Waals surface area contributed by atoms with Crippen molar-refractivity contribution in [1.29, 1.82) is 0 Å². The third kappa shape index (κ3) is 4.53. The predicted octanol–water partition coefficient (Wildman–Crippen LogP) is 0.161. The molecule has 0 spiro atoms. The number of nitrogens with one attached hydrogen (secondary N) is 3. The minimum atomic E-state index is -0.428. The van der Waals surface area contributed by atoms with Crippen LogP contribution in [0.25, 0.3) is 0 Å². The van der Waals surface area contributed by atoms with Gasteiger partial charge < -0.3 is 16.0 Å². The second kappa shape index (κ2) is 6.67. The highest BCUT2D eigenvalue weighted by atomic mass is 16.2. The lowest BCUT2D eigenvalue weighted by Gasteiger charge is -2.16. The lowest BCUT2D eigenvalue weighted by molar-refractivity contribution is -0.122. The molecule has 2 amide bonds. The minimum Gasteiger partial charge on any atom is -0.357 e. The smallest absolute Gasteiger partial charge is 0.271 e. The molecule has 1 rings (SSSR count). The number of nitrogens with zero attached hydrogens (tertiary/aromatic N) is 2. The van der Waals surface area contributed by atoms with Crippen molar-refractivity contribution in [2.24, 2.45) is 0 Å². The lowest BCUT2D eigenvalue weighted by Crippen LogP contribution is -2.41. The van der Waals surface area contributed by atoms with E-state index in [0.29, 0.717) is 5.82 Å². The van der Waals surface area contributed by atoms with Crippen molar-refractivity contribution in [1.82, 2.24) is 20.8 Å². The molecule has 0 aliphatic heterocycles. The fraction of sp³-hybridized carbons (Fsp3) is 0.500. The van der Waals surface area contributed by atoms with E-state index in [-0.39, 0.29) is 23.6 Å². The van der Waals surface area contributed by atoms with Crippen LogP contribution in [-0.4, -0.2) is 41.1 Å². The van der Waals surface area contributed by atoms with Gasteiger partial charge in [0.05, 0.1) is 0 Å². The molecule has 0 saturated heterocycles. The molecule has 3 N–H and O–H groups in total. The number of hydrogen-bond acceptors (Lipinski definition) is 5. The van der Waals surface area contributed by atoms with Crippen LogP contribution in [0.1, 0.15) is 31.3 Å². The molecular weight excluding hydrogens is 246 g/mol. The Hall–Kier alpha value is -2.18. The summed E-state index contributed by atoms with van der Waals surface area (Å²) in [5, 5.41) is 15.8. The van der Waals surface area contributed by atoms with Gasteiger partial charge in [-0.25, -0.2) is 0 Å². The molecule has 0 aliphatic rings. The monoisotopic (exact) mass is 265 g/mol. The summed E-state index contributed by atoms with van der Waals surface area (Å²) in [6, 6.07) is 2.80. The van der Waals surface area contributed by atoms with Crippen LogP contribution in [0.2, 0.25) is 0 Å². The number of carbonyl (C=O) groups is 2. The predicted molar refractivity (Wildman–Crippen MR) is 71.8 cm³/mol. The first-order valence-corrected chi connectivity index (χ1v) is 6.06. The van der Waals surface area contributed by atoms with Crippen LogP contribution in [0.4, 0.5) is 5.82 Å². The Morgan fingerprint density at radius 1 is 1.16 bits per heavy atom. The van der Waals surface area contributed by atoms with Crippen molar-refractivity contribution in [3.8, 4) is 0 Å². The Kier molecular flexibility index (Phi) is 5.23. The molecule has 0 bridgehead atoms. The van der Waals surface area contributed by atoms with Gasteiger partial charge in [0.2, 0.25) is 5.91 Å². The number of aromatic nitrogens is 2. The first kappa shape index (κ1) is 14.9. The van der Waals surface area contributed by atoms with Gasteiger partial charge in [-0.1, -0.05) is 0 Å². The maximum atomic E-state index is 11.7. The highest BCUT2D eigenvalue weighted by Gasteiger charge is 2.14. The standard InChI is InChI=1S/C12H19N5O2/c1-7(2)14-11(18)8(3)15-10-6-5-9(16-17-10)12(19)13-4/h5-8H,1-4H3,(H,13,19)(H,14,18)(H,15,17). The van der Waals surface area contributed by atoms with Gasteiger partial charge >= 0.3 is 0 Å². The molecular formula is C12H19N5O2. The van der Waals surface area contributed by atoms with Gasteiger partial charge in [0, 0.05) is 13.1 Å². The highest BCUT2D eigenvalue weighted by Crippen LogP contribution is 2.04. The summed E-state index contributed by atoms with van der Waals surface area (Å²) in [6.07, 6.45) is 0. The van der Waals surface area contributed by atoms with Crippen molar-refractivity contribution in [2.45, 2.75) is 32.9 Å². The number of hydrogen-bond donors (Lipinski definition) is 3. The molecule has 0 aliphatic carbocycles. The number of amides is 2. The summed E-state index contributed by atoms with van der Waals surface area (Å²) in [7, 11) is 1.52. The Morgan fingerprint density at radius 3 is 2.32 bits per heavy atom. The van der Waals surface area contributed by atoms with Crippen molar-refractivity contribution >= 4 is 17.6 Å². The normalized spacial score (nSPS) is 11.8. The fourth-order valence-corrected chi connectivity index (χ4v) is 1.36. The summed E-state index contributed by atoms with van der Waals surface area (Å²) in [5.74, 6) is 0.0240. The van der Waals surface area contributed by atoms with Crippen molar-refractivity contribution in [3.63, 3.8) is 0 Å². The topological polar surface area (TPSA) is 96.0 Å². The molecule has 1 atom stereocenters. The molecule has 7 heteroatoms. The average Bonchev–Trinajstić information content (AvgIpc) is 2.37. The fourth-order valence-electron chi connectivity index (χ4n) is 1.36. The van der Waals surface area contributed by atoms with E-state index in [4.69, 9.17) is 0 Å². The van der Waals surface area contributed by atoms with E-state index in [1.807, 2.05) is 13.8 Å². The van der Waals surface area contributed by atoms with Crippen LogP contribution >= 0.6 is 0 Å². The molecule has 0 saturated carbocycles. The molecule has 1 aromatic rings. The van der Waals surface area contributed by atoms with Crippen LogP contribution in [0, 0.1) is 0 Å². The molecule has 0 fully saturated rings. The molecule has 0 aromatic carbocycles. The maximum Gasteiger partial charge on any atom is 0.271 e. The molecule has 0 radical (unpaired) electrons. The van der Waals surface area contributed by atoms with Gasteiger partial charge in [-0.05, 0) is 32.9 Å². The molecule has 1 aromatic heterocycles. The summed E-state index contributed by atoms with van der Waals surface area (Å²) < 4.78 is 0. The number of anilines is 1. The zero-order chi connectivity index (χ0) is 14.4. The van der Waals surface area contributed by atoms with Crippen LogP contribution < -0.4 is 16.0 Å². The van der Waals surface area contributed by atoms with Gasteiger partial charge in [0.25, 0.3) is 5.91 Å². The Bertz CT molecular complexity index is 444. The number of rotatable bonds is 5. The van der Waals surface area contributed by atoms with Crippen molar-refractivity contribution in [3.05, 3.63) is 17.8 Å². The average molecular weight is 265 g/mol. The van der Waals surface area contributed by atoms with Crippen molar-refractivity contribution in [2.75, 3.05) is 12.4 Å². The molecule has 7 nitrogen and oxygen atoms in total. The molecule has 19 heavy (non-hydrogen) atoms. The summed E-state index contributed by atoms with van der Waals surface area (Å²) >= 11 is 0. The largest absolute Gasteiger partial charge is 0.357 e. The zero-order valence-corrected chi connectivity index (χ0v) is 11.5. The highest BCUT2D eigenvalue weighted by molar-refractivity contribution is 5.92. The van der Waals surface area contributed by atoms with Crippen LogP contribution in [0.15, 0.2) is 12.1 Å². The third-order valence-electron chi connectivity index (χ3n) is 2.31. The maximum absolute atomic E-state index is 11.7. The first-order chi connectivity index (χ1) is 8.93. The third-order valence-corrected chi connectivity index (χ3v) is 2.31. The zero-order valence-electron chi connectivity index (χ0n) is 11.5. The van der Waals surface area contributed by atoms with E-state index in [9.17, 15) is 9.59 Å².